The Morgan fingerprint density at radius 1 is 1.38 bits per heavy atom. The third-order valence-electron chi connectivity index (χ3n) is 3.54. The van der Waals surface area contributed by atoms with E-state index in [-0.39, 0.29) is 6.04 Å². The molecule has 0 aliphatic heterocycles. The molecular weight excluding hydrogens is 368 g/mol. The van der Waals surface area contributed by atoms with Gasteiger partial charge in [0.2, 0.25) is 0 Å². The van der Waals surface area contributed by atoms with E-state index in [0.717, 1.165) is 9.52 Å². The summed E-state index contributed by atoms with van der Waals surface area (Å²) in [4.78, 5) is 0. The van der Waals surface area contributed by atoms with E-state index in [0.29, 0.717) is 9.85 Å². The predicted octanol–water partition coefficient (Wildman–Crippen LogP) is 4.11. The Balaban J connectivity index is 2.65. The van der Waals surface area contributed by atoms with Gasteiger partial charge in [-0.1, -0.05) is 0 Å². The molecule has 1 fully saturated rings. The van der Waals surface area contributed by atoms with Crippen molar-refractivity contribution in [2.45, 2.75) is 49.5 Å². The van der Waals surface area contributed by atoms with Crippen LogP contribution in [0.25, 0.3) is 0 Å². The van der Waals surface area contributed by atoms with Crippen molar-refractivity contribution in [2.24, 2.45) is 11.7 Å². The van der Waals surface area contributed by atoms with Crippen LogP contribution in [0.1, 0.15) is 39.5 Å². The summed E-state index contributed by atoms with van der Waals surface area (Å²) in [5, 5.41) is 0. The fourth-order valence-corrected chi connectivity index (χ4v) is 20.9. The zero-order valence-corrected chi connectivity index (χ0v) is 15.4. The summed E-state index contributed by atoms with van der Waals surface area (Å²) < 4.78 is 1.60. The van der Waals surface area contributed by atoms with Crippen molar-refractivity contribution in [3.63, 3.8) is 0 Å². The molecule has 0 bridgehead atoms. The van der Waals surface area contributed by atoms with Gasteiger partial charge in [-0.2, -0.15) is 0 Å². The molecule has 0 aromatic heterocycles. The van der Waals surface area contributed by atoms with Gasteiger partial charge in [0.25, 0.3) is 0 Å². The van der Waals surface area contributed by atoms with Gasteiger partial charge in [0.05, 0.1) is 0 Å². The normalized spacial score (nSPS) is 29.1. The second kappa shape index (κ2) is 7.32. The summed E-state index contributed by atoms with van der Waals surface area (Å²) in [6.45, 7) is 4.29. The van der Waals surface area contributed by atoms with Gasteiger partial charge in [-0.15, -0.1) is 0 Å². The van der Waals surface area contributed by atoms with Gasteiger partial charge in [-0.05, 0) is 0 Å². The van der Waals surface area contributed by atoms with Gasteiger partial charge >= 0.3 is 116 Å². The molecule has 3 unspecified atom stereocenters. The molecule has 96 valence electrons. The van der Waals surface area contributed by atoms with Crippen LogP contribution >= 0.6 is 29.6 Å². The average molecular weight is 391 g/mol. The Labute approximate surface area is 116 Å². The Hall–Kier alpha value is 1.69. The van der Waals surface area contributed by atoms with Crippen molar-refractivity contribution in [1.82, 2.24) is 0 Å². The second-order valence-corrected chi connectivity index (χ2v) is 25.4. The number of nitrogens with two attached hydrogens (primary N) is 1. The third-order valence-corrected chi connectivity index (χ3v) is 22.9. The molecule has 16 heavy (non-hydrogen) atoms. The van der Waals surface area contributed by atoms with Crippen molar-refractivity contribution in [2.75, 3.05) is 9.52 Å². The van der Waals surface area contributed by atoms with Crippen LogP contribution in [0.3, 0.4) is 0 Å². The van der Waals surface area contributed by atoms with Crippen LogP contribution in [-0.2, 0) is 0 Å². The maximum atomic E-state index is 6.73. The predicted molar refractivity (Wildman–Crippen MR) is 79.8 cm³/mol. The van der Waals surface area contributed by atoms with E-state index < -0.39 is 16.1 Å². The molecule has 0 amide bonds. The molecule has 0 radical (unpaired) electrons. The minimum atomic E-state index is -2.90. The SMILES string of the molecule is CCS[CH2][Sn]([Cl])([Cl])[CH]1CCCCC1C(C)N. The van der Waals surface area contributed by atoms with E-state index in [1.807, 2.05) is 11.8 Å². The van der Waals surface area contributed by atoms with Crippen LogP contribution in [0.2, 0.25) is 3.93 Å². The zero-order chi connectivity index (χ0) is 12.2. The van der Waals surface area contributed by atoms with Crippen molar-refractivity contribution in [1.29, 1.82) is 0 Å². The van der Waals surface area contributed by atoms with Gasteiger partial charge in [-0.25, -0.2) is 0 Å². The Morgan fingerprint density at radius 2 is 2.00 bits per heavy atom. The first-order chi connectivity index (χ1) is 7.49. The Morgan fingerprint density at radius 3 is 2.56 bits per heavy atom. The topological polar surface area (TPSA) is 26.0 Å². The second-order valence-electron chi connectivity index (χ2n) is 4.81. The van der Waals surface area contributed by atoms with Crippen LogP contribution in [0, 0.1) is 5.92 Å². The molecule has 1 aliphatic rings. The molecule has 1 rings (SSSR count). The first-order valence-electron chi connectivity index (χ1n) is 6.20. The molecule has 3 atom stereocenters. The summed E-state index contributed by atoms with van der Waals surface area (Å²) >= 11 is -0.991. The van der Waals surface area contributed by atoms with Crippen LogP contribution in [0.4, 0.5) is 0 Å². The van der Waals surface area contributed by atoms with Crippen LogP contribution in [0.5, 0.6) is 0 Å². The number of halogens is 2. The molecule has 0 spiro atoms. The van der Waals surface area contributed by atoms with E-state index in [1.54, 1.807) is 0 Å². The van der Waals surface area contributed by atoms with Gasteiger partial charge in [0.15, 0.2) is 0 Å². The number of hydrogen-bond acceptors (Lipinski definition) is 2. The van der Waals surface area contributed by atoms with Crippen molar-refractivity contribution in [3.8, 4) is 0 Å². The van der Waals surface area contributed by atoms with Gasteiger partial charge in [0, 0.05) is 0 Å². The van der Waals surface area contributed by atoms with Gasteiger partial charge in [-0.3, -0.25) is 0 Å². The number of rotatable bonds is 5. The quantitative estimate of drug-likeness (QED) is 0.715. The van der Waals surface area contributed by atoms with Crippen LogP contribution < -0.4 is 5.73 Å². The maximum absolute atomic E-state index is 6.73. The average Bonchev–Trinajstić information content (AvgIpc) is 2.26. The Bertz CT molecular complexity index is 214. The molecule has 1 aliphatic carbocycles. The summed E-state index contributed by atoms with van der Waals surface area (Å²) in [7, 11) is 13.5. The van der Waals surface area contributed by atoms with Gasteiger partial charge in [0.1, 0.15) is 0 Å². The summed E-state index contributed by atoms with van der Waals surface area (Å²) in [6, 6.07) is 0.255. The molecule has 0 aromatic carbocycles. The molecule has 0 heterocycles. The van der Waals surface area contributed by atoms with E-state index in [4.69, 9.17) is 23.6 Å². The fourth-order valence-electron chi connectivity index (χ4n) is 2.66. The van der Waals surface area contributed by atoms with Gasteiger partial charge < -0.3 is 0 Å². The standard InChI is InChI=1S/C8H16N.C3H7S.2ClH.Sn/c1-7(9)8-5-3-2-4-6-8;1-3-4-2;;;/h5,7-8H,2-4,6,9H2,1H3;2-3H2,1H3;2*1H;/q;;;;+2/p-2. The molecule has 1 saturated carbocycles. The van der Waals surface area contributed by atoms with E-state index in [9.17, 15) is 0 Å². The van der Waals surface area contributed by atoms with Crippen LogP contribution in [-0.4, -0.2) is 31.7 Å². The number of hydrogen-bond donors (Lipinski definition) is 1. The number of thioether (sulfide) groups is 1. The molecule has 5 heteroatoms. The van der Waals surface area contributed by atoms with Crippen LogP contribution in [0.15, 0.2) is 0 Å². The van der Waals surface area contributed by atoms with E-state index in [1.165, 1.54) is 25.7 Å². The molecule has 1 nitrogen and oxygen atoms in total. The van der Waals surface area contributed by atoms with Crippen molar-refractivity contribution in [3.05, 3.63) is 0 Å². The summed E-state index contributed by atoms with van der Waals surface area (Å²) in [5.41, 5.74) is 6.09. The molecule has 0 saturated heterocycles. The molecular formula is C11H23Cl2NSSn. The first-order valence-corrected chi connectivity index (χ1v) is 18.2. The third kappa shape index (κ3) is 4.42. The fraction of sp³-hybridized carbons (Fsp3) is 1.00. The summed E-state index contributed by atoms with van der Waals surface area (Å²) in [6.07, 6.45) is 5.05. The monoisotopic (exact) mass is 391 g/mol. The Kier molecular flexibility index (Phi) is 7.20. The first kappa shape index (κ1) is 15.7. The van der Waals surface area contributed by atoms with Crippen molar-refractivity contribution < 1.29 is 0 Å². The van der Waals surface area contributed by atoms with E-state index >= 15 is 0 Å². The molecule has 2 N–H and O–H groups in total. The minimum absolute atomic E-state index is 0.255. The summed E-state index contributed by atoms with van der Waals surface area (Å²) in [5.74, 6) is 1.70. The van der Waals surface area contributed by atoms with E-state index in [2.05, 4.69) is 13.8 Å². The molecule has 0 aromatic rings. The van der Waals surface area contributed by atoms with Crippen molar-refractivity contribution >= 4 is 45.7 Å². The zero-order valence-electron chi connectivity index (χ0n) is 10.2.